The van der Waals surface area contributed by atoms with Crippen LogP contribution in [0.4, 0.5) is 0 Å². The highest BCUT2D eigenvalue weighted by molar-refractivity contribution is 5.04. The Kier molecular flexibility index (Phi) is 4.54. The van der Waals surface area contributed by atoms with E-state index >= 15 is 0 Å². The van der Waals surface area contributed by atoms with Crippen LogP contribution in [0.15, 0.2) is 0 Å². The molecule has 0 nitrogen and oxygen atoms in total. The first-order valence-electron chi connectivity index (χ1n) is 5.37. The van der Waals surface area contributed by atoms with Gasteiger partial charge in [-0.25, -0.2) is 0 Å². The van der Waals surface area contributed by atoms with Crippen molar-refractivity contribution >= 4 is 0 Å². The topological polar surface area (TPSA) is 0 Å². The van der Waals surface area contributed by atoms with Crippen molar-refractivity contribution in [2.24, 2.45) is 10.8 Å². The van der Waals surface area contributed by atoms with Gasteiger partial charge in [0, 0.05) is 5.41 Å². The summed E-state index contributed by atoms with van der Waals surface area (Å²) in [6, 6.07) is 0. The van der Waals surface area contributed by atoms with E-state index in [1.807, 2.05) is 0 Å². The lowest BCUT2D eigenvalue weighted by atomic mass is 9.71. The molecular formula is C13H24. The van der Waals surface area contributed by atoms with Crippen LogP contribution in [0.1, 0.15) is 60.3 Å². The monoisotopic (exact) mass is 180 g/mol. The van der Waals surface area contributed by atoms with Crippen LogP contribution in [0.3, 0.4) is 0 Å². The summed E-state index contributed by atoms with van der Waals surface area (Å²) in [6.45, 7) is 11.3. The van der Waals surface area contributed by atoms with Gasteiger partial charge in [-0.05, 0) is 25.2 Å². The Labute approximate surface area is 84.1 Å². The standard InChI is InChI=1S/C13H24/c1-7-10-13(6,9-3)11-12(4,5)8-2/h3H,7-8,10-11H2,1-2,4-6H3. The molecule has 0 rings (SSSR count). The van der Waals surface area contributed by atoms with Crippen molar-refractivity contribution in [3.05, 3.63) is 0 Å². The second-order valence-corrected chi connectivity index (χ2v) is 5.15. The molecule has 0 radical (unpaired) electrons. The van der Waals surface area contributed by atoms with Crippen molar-refractivity contribution in [1.82, 2.24) is 0 Å². The highest BCUT2D eigenvalue weighted by Crippen LogP contribution is 2.38. The Hall–Kier alpha value is -0.440. The lowest BCUT2D eigenvalue weighted by Crippen LogP contribution is -2.23. The average molecular weight is 180 g/mol. The zero-order valence-corrected chi connectivity index (χ0v) is 9.91. The van der Waals surface area contributed by atoms with Crippen LogP contribution >= 0.6 is 0 Å². The maximum Gasteiger partial charge on any atom is 0.0289 e. The molecule has 0 bridgehead atoms. The van der Waals surface area contributed by atoms with Crippen LogP contribution in [-0.2, 0) is 0 Å². The number of rotatable bonds is 5. The molecule has 1 atom stereocenters. The molecule has 0 aliphatic carbocycles. The van der Waals surface area contributed by atoms with Crippen LogP contribution in [0.5, 0.6) is 0 Å². The fourth-order valence-corrected chi connectivity index (χ4v) is 1.94. The molecule has 1 unspecified atom stereocenters. The SMILES string of the molecule is C#CC(C)(CCC)CC(C)(C)CC. The van der Waals surface area contributed by atoms with Crippen molar-refractivity contribution in [2.75, 3.05) is 0 Å². The fourth-order valence-electron chi connectivity index (χ4n) is 1.94. The first-order chi connectivity index (χ1) is 5.89. The second kappa shape index (κ2) is 4.70. The zero-order chi connectivity index (χ0) is 10.5. The van der Waals surface area contributed by atoms with Gasteiger partial charge in [0.1, 0.15) is 0 Å². The lowest BCUT2D eigenvalue weighted by molar-refractivity contribution is 0.211. The third-order valence-corrected chi connectivity index (χ3v) is 2.98. The van der Waals surface area contributed by atoms with Crippen LogP contribution < -0.4 is 0 Å². The predicted molar refractivity (Wildman–Crippen MR) is 60.5 cm³/mol. The molecule has 0 saturated heterocycles. The molecule has 0 heteroatoms. The number of terminal acetylenes is 1. The molecule has 0 saturated carbocycles. The summed E-state index contributed by atoms with van der Waals surface area (Å²) in [5, 5.41) is 0. The molecular weight excluding hydrogens is 156 g/mol. The third-order valence-electron chi connectivity index (χ3n) is 2.98. The van der Waals surface area contributed by atoms with Gasteiger partial charge in [-0.3, -0.25) is 0 Å². The van der Waals surface area contributed by atoms with Gasteiger partial charge in [-0.2, -0.15) is 0 Å². The Morgan fingerprint density at radius 1 is 1.15 bits per heavy atom. The minimum absolute atomic E-state index is 0.105. The molecule has 0 heterocycles. The van der Waals surface area contributed by atoms with Crippen molar-refractivity contribution in [3.8, 4) is 12.3 Å². The van der Waals surface area contributed by atoms with Gasteiger partial charge < -0.3 is 0 Å². The quantitative estimate of drug-likeness (QED) is 0.555. The van der Waals surface area contributed by atoms with Gasteiger partial charge in [0.2, 0.25) is 0 Å². The maximum atomic E-state index is 5.60. The Balaban J connectivity index is 4.37. The molecule has 0 aliphatic rings. The first kappa shape index (κ1) is 12.6. The Bertz CT molecular complexity index is 183. The van der Waals surface area contributed by atoms with Crippen LogP contribution in [0.2, 0.25) is 0 Å². The normalized spacial score (nSPS) is 16.3. The third kappa shape index (κ3) is 4.36. The summed E-state index contributed by atoms with van der Waals surface area (Å²) >= 11 is 0. The molecule has 0 aromatic carbocycles. The van der Waals surface area contributed by atoms with Crippen molar-refractivity contribution in [1.29, 1.82) is 0 Å². The predicted octanol–water partition coefficient (Wildman–Crippen LogP) is 4.25. The van der Waals surface area contributed by atoms with Crippen molar-refractivity contribution < 1.29 is 0 Å². The summed E-state index contributed by atoms with van der Waals surface area (Å²) < 4.78 is 0. The number of hydrogen-bond acceptors (Lipinski definition) is 0. The molecule has 0 aromatic rings. The summed E-state index contributed by atoms with van der Waals surface area (Å²) in [5.41, 5.74) is 0.491. The van der Waals surface area contributed by atoms with Crippen molar-refractivity contribution in [3.63, 3.8) is 0 Å². The largest absolute Gasteiger partial charge is 0.120 e. The maximum absolute atomic E-state index is 5.60. The van der Waals surface area contributed by atoms with Gasteiger partial charge in [-0.1, -0.05) is 40.5 Å². The Morgan fingerprint density at radius 3 is 2.00 bits per heavy atom. The lowest BCUT2D eigenvalue weighted by Gasteiger charge is -2.33. The molecule has 0 spiro atoms. The molecule has 0 amide bonds. The van der Waals surface area contributed by atoms with E-state index in [0.717, 1.165) is 12.8 Å². The van der Waals surface area contributed by atoms with Gasteiger partial charge in [0.05, 0.1) is 0 Å². The summed E-state index contributed by atoms with van der Waals surface area (Å²) in [4.78, 5) is 0. The zero-order valence-electron chi connectivity index (χ0n) is 9.91. The summed E-state index contributed by atoms with van der Waals surface area (Å²) in [7, 11) is 0. The highest BCUT2D eigenvalue weighted by atomic mass is 14.3. The van der Waals surface area contributed by atoms with E-state index in [-0.39, 0.29) is 5.41 Å². The fraction of sp³-hybridized carbons (Fsp3) is 0.846. The minimum atomic E-state index is 0.105. The van der Waals surface area contributed by atoms with Gasteiger partial charge in [-0.15, -0.1) is 12.3 Å². The van der Waals surface area contributed by atoms with E-state index in [1.54, 1.807) is 0 Å². The second-order valence-electron chi connectivity index (χ2n) is 5.15. The highest BCUT2D eigenvalue weighted by Gasteiger charge is 2.28. The molecule has 13 heavy (non-hydrogen) atoms. The molecule has 0 aliphatic heterocycles. The van der Waals surface area contributed by atoms with E-state index in [9.17, 15) is 0 Å². The van der Waals surface area contributed by atoms with E-state index in [0.29, 0.717) is 5.41 Å². The van der Waals surface area contributed by atoms with Crippen LogP contribution in [0, 0.1) is 23.2 Å². The number of hydrogen-bond donors (Lipinski definition) is 0. The average Bonchev–Trinajstić information content (AvgIpc) is 2.04. The van der Waals surface area contributed by atoms with E-state index < -0.39 is 0 Å². The van der Waals surface area contributed by atoms with E-state index in [1.165, 1.54) is 12.8 Å². The molecule has 0 aromatic heterocycles. The molecule has 0 N–H and O–H groups in total. The first-order valence-corrected chi connectivity index (χ1v) is 5.37. The smallest absolute Gasteiger partial charge is 0.0289 e. The van der Waals surface area contributed by atoms with Gasteiger partial charge in [0.25, 0.3) is 0 Å². The molecule has 0 fully saturated rings. The minimum Gasteiger partial charge on any atom is -0.120 e. The van der Waals surface area contributed by atoms with Crippen LogP contribution in [-0.4, -0.2) is 0 Å². The Morgan fingerprint density at radius 2 is 1.69 bits per heavy atom. The summed E-state index contributed by atoms with van der Waals surface area (Å²) in [5.74, 6) is 2.97. The van der Waals surface area contributed by atoms with E-state index in [4.69, 9.17) is 6.42 Å². The van der Waals surface area contributed by atoms with E-state index in [2.05, 4.69) is 40.5 Å². The van der Waals surface area contributed by atoms with Crippen molar-refractivity contribution in [2.45, 2.75) is 60.3 Å². The summed E-state index contributed by atoms with van der Waals surface area (Å²) in [6.07, 6.45) is 10.3. The molecule has 76 valence electrons. The van der Waals surface area contributed by atoms with Crippen LogP contribution in [0.25, 0.3) is 0 Å². The van der Waals surface area contributed by atoms with Gasteiger partial charge >= 0.3 is 0 Å². The van der Waals surface area contributed by atoms with Gasteiger partial charge in [0.15, 0.2) is 0 Å².